The molecule has 0 aliphatic carbocycles. The van der Waals surface area contributed by atoms with Crippen molar-refractivity contribution in [3.8, 4) is 0 Å². The van der Waals surface area contributed by atoms with Crippen molar-refractivity contribution in [2.75, 3.05) is 11.4 Å². The average molecular weight is 343 g/mol. The minimum Gasteiger partial charge on any atom is -0.308 e. The summed E-state index contributed by atoms with van der Waals surface area (Å²) in [4.78, 5) is 39.8. The first-order valence-electron chi connectivity index (χ1n) is 7.52. The number of thiophene rings is 1. The van der Waals surface area contributed by atoms with Crippen LogP contribution in [0.1, 0.15) is 16.6 Å². The zero-order valence-corrected chi connectivity index (χ0v) is 14.5. The summed E-state index contributed by atoms with van der Waals surface area (Å²) >= 11 is 1.17. The lowest BCUT2D eigenvalue weighted by Crippen LogP contribution is -2.36. The topological polar surface area (TPSA) is 64.3 Å². The fraction of sp³-hybridized carbons (Fsp3) is 0.235. The van der Waals surface area contributed by atoms with Crippen LogP contribution in [-0.4, -0.2) is 21.6 Å². The molecule has 0 aliphatic rings. The Labute approximate surface area is 142 Å². The van der Waals surface area contributed by atoms with Crippen LogP contribution in [0, 0.1) is 0 Å². The molecule has 7 heteroatoms. The Hall–Kier alpha value is -2.67. The number of benzene rings is 1. The minimum absolute atomic E-state index is 0.181. The van der Waals surface area contributed by atoms with E-state index in [1.54, 1.807) is 18.0 Å². The molecule has 0 N–H and O–H groups in total. The van der Waals surface area contributed by atoms with E-state index in [4.69, 9.17) is 0 Å². The second-order valence-corrected chi connectivity index (χ2v) is 6.45. The third-order valence-corrected chi connectivity index (χ3v) is 5.17. The molecule has 124 valence electrons. The van der Waals surface area contributed by atoms with Gasteiger partial charge in [-0.05, 0) is 25.1 Å². The van der Waals surface area contributed by atoms with Crippen LogP contribution in [0.15, 0.2) is 46.0 Å². The summed E-state index contributed by atoms with van der Waals surface area (Å²) in [7, 11) is 3.04. The number of aryl methyl sites for hydroxylation is 1. The molecule has 3 aromatic rings. The highest BCUT2D eigenvalue weighted by atomic mass is 32.1. The molecule has 0 fully saturated rings. The van der Waals surface area contributed by atoms with E-state index in [-0.39, 0.29) is 11.5 Å². The van der Waals surface area contributed by atoms with E-state index < -0.39 is 5.69 Å². The minimum atomic E-state index is -0.399. The predicted molar refractivity (Wildman–Crippen MR) is 96.1 cm³/mol. The quantitative estimate of drug-likeness (QED) is 0.730. The molecule has 24 heavy (non-hydrogen) atoms. The van der Waals surface area contributed by atoms with Gasteiger partial charge in [-0.15, -0.1) is 11.3 Å². The number of amides is 1. The van der Waals surface area contributed by atoms with Crippen molar-refractivity contribution in [3.63, 3.8) is 0 Å². The number of fused-ring (bicyclic) bond motifs is 1. The molecule has 2 heterocycles. The highest BCUT2D eigenvalue weighted by Crippen LogP contribution is 2.25. The van der Waals surface area contributed by atoms with Gasteiger partial charge in [0, 0.05) is 26.3 Å². The van der Waals surface area contributed by atoms with Gasteiger partial charge in [0.2, 0.25) is 0 Å². The summed E-state index contributed by atoms with van der Waals surface area (Å²) in [5.74, 6) is -0.181. The number of para-hydroxylation sites is 1. The molecule has 2 aromatic heterocycles. The van der Waals surface area contributed by atoms with Gasteiger partial charge < -0.3 is 4.90 Å². The van der Waals surface area contributed by atoms with Gasteiger partial charge >= 0.3 is 5.69 Å². The Morgan fingerprint density at radius 1 is 1.12 bits per heavy atom. The Bertz CT molecular complexity index is 1030. The fourth-order valence-electron chi connectivity index (χ4n) is 2.65. The number of hydrogen-bond acceptors (Lipinski definition) is 4. The number of rotatable bonds is 3. The molecule has 0 atom stereocenters. The maximum absolute atomic E-state index is 12.9. The molecule has 0 bridgehead atoms. The number of anilines is 1. The first kappa shape index (κ1) is 16.2. The lowest BCUT2D eigenvalue weighted by molar-refractivity contribution is 0.0992. The van der Waals surface area contributed by atoms with Crippen LogP contribution in [0.5, 0.6) is 0 Å². The highest BCUT2D eigenvalue weighted by molar-refractivity contribution is 7.20. The highest BCUT2D eigenvalue weighted by Gasteiger charge is 2.21. The van der Waals surface area contributed by atoms with E-state index in [0.717, 1.165) is 10.3 Å². The number of aromatic nitrogens is 2. The van der Waals surface area contributed by atoms with Gasteiger partial charge in [0.15, 0.2) is 0 Å². The van der Waals surface area contributed by atoms with Crippen LogP contribution in [0.25, 0.3) is 10.2 Å². The predicted octanol–water partition coefficient (Wildman–Crippen LogP) is 1.97. The van der Waals surface area contributed by atoms with E-state index in [2.05, 4.69) is 0 Å². The van der Waals surface area contributed by atoms with E-state index >= 15 is 0 Å². The van der Waals surface area contributed by atoms with E-state index in [0.29, 0.717) is 21.6 Å². The molecule has 6 nitrogen and oxygen atoms in total. The van der Waals surface area contributed by atoms with Gasteiger partial charge in [-0.3, -0.25) is 18.7 Å². The lowest BCUT2D eigenvalue weighted by atomic mass is 10.2. The van der Waals surface area contributed by atoms with Gasteiger partial charge in [0.05, 0.1) is 10.3 Å². The van der Waals surface area contributed by atoms with Crippen molar-refractivity contribution >= 4 is 33.1 Å². The van der Waals surface area contributed by atoms with Gasteiger partial charge in [-0.1, -0.05) is 18.2 Å². The number of carbonyl (C=O) groups is 1. The number of nitrogens with zero attached hydrogens (tertiary/aromatic N) is 3. The zero-order valence-electron chi connectivity index (χ0n) is 13.6. The van der Waals surface area contributed by atoms with Crippen molar-refractivity contribution in [2.24, 2.45) is 14.1 Å². The molecular formula is C17H17N3O3S. The second kappa shape index (κ2) is 6.09. The van der Waals surface area contributed by atoms with E-state index in [1.807, 2.05) is 37.3 Å². The number of carbonyl (C=O) groups excluding carboxylic acids is 1. The molecule has 0 spiro atoms. The molecule has 0 radical (unpaired) electrons. The van der Waals surface area contributed by atoms with E-state index in [9.17, 15) is 14.4 Å². The third-order valence-electron chi connectivity index (χ3n) is 3.97. The van der Waals surface area contributed by atoms with Crippen molar-refractivity contribution in [1.29, 1.82) is 0 Å². The van der Waals surface area contributed by atoms with Gasteiger partial charge in [-0.2, -0.15) is 0 Å². The van der Waals surface area contributed by atoms with Crippen LogP contribution in [0.3, 0.4) is 0 Å². The van der Waals surface area contributed by atoms with Crippen molar-refractivity contribution < 1.29 is 4.79 Å². The maximum Gasteiger partial charge on any atom is 0.331 e. The zero-order chi connectivity index (χ0) is 17.4. The van der Waals surface area contributed by atoms with Crippen LogP contribution in [0.4, 0.5) is 5.69 Å². The van der Waals surface area contributed by atoms with E-state index in [1.165, 1.54) is 23.0 Å². The molecule has 0 aliphatic heterocycles. The summed E-state index contributed by atoms with van der Waals surface area (Å²) in [5, 5.41) is 0.386. The van der Waals surface area contributed by atoms with Gasteiger partial charge in [-0.25, -0.2) is 4.79 Å². The van der Waals surface area contributed by atoms with Crippen LogP contribution >= 0.6 is 11.3 Å². The number of hydrogen-bond donors (Lipinski definition) is 0. The molecule has 3 rings (SSSR count). The largest absolute Gasteiger partial charge is 0.331 e. The smallest absolute Gasteiger partial charge is 0.308 e. The molecule has 1 aromatic carbocycles. The lowest BCUT2D eigenvalue weighted by Gasteiger charge is -2.20. The molecule has 1 amide bonds. The summed E-state index contributed by atoms with van der Waals surface area (Å²) < 4.78 is 2.45. The van der Waals surface area contributed by atoms with Crippen molar-refractivity contribution in [2.45, 2.75) is 6.92 Å². The summed E-state index contributed by atoms with van der Waals surface area (Å²) in [6.45, 7) is 2.40. The molecule has 0 saturated heterocycles. The normalized spacial score (nSPS) is 11.0. The third kappa shape index (κ3) is 2.46. The van der Waals surface area contributed by atoms with Crippen molar-refractivity contribution in [1.82, 2.24) is 9.13 Å². The Morgan fingerprint density at radius 2 is 1.79 bits per heavy atom. The van der Waals surface area contributed by atoms with Gasteiger partial charge in [0.1, 0.15) is 4.83 Å². The maximum atomic E-state index is 12.9. The Morgan fingerprint density at radius 3 is 2.42 bits per heavy atom. The van der Waals surface area contributed by atoms with Crippen molar-refractivity contribution in [3.05, 3.63) is 62.1 Å². The average Bonchev–Trinajstić information content (AvgIpc) is 3.05. The fourth-order valence-corrected chi connectivity index (χ4v) is 3.71. The van der Waals surface area contributed by atoms with Crippen LogP contribution in [0.2, 0.25) is 0 Å². The monoisotopic (exact) mass is 343 g/mol. The SMILES string of the molecule is CCN(C(=O)c1cc2c(=O)n(C)c(=O)n(C)c2s1)c1ccccc1. The van der Waals surface area contributed by atoms with Gasteiger partial charge in [0.25, 0.3) is 11.5 Å². The molecule has 0 saturated carbocycles. The van der Waals surface area contributed by atoms with Crippen LogP contribution in [-0.2, 0) is 14.1 Å². The summed E-state index contributed by atoms with van der Waals surface area (Å²) in [6, 6.07) is 10.9. The molecular weight excluding hydrogens is 326 g/mol. The summed E-state index contributed by atoms with van der Waals surface area (Å²) in [6.07, 6.45) is 0. The first-order chi connectivity index (χ1) is 11.5. The molecule has 0 unspecified atom stereocenters. The van der Waals surface area contributed by atoms with Crippen LogP contribution < -0.4 is 16.1 Å². The second-order valence-electron chi connectivity index (χ2n) is 5.42. The Kier molecular flexibility index (Phi) is 4.11. The Balaban J connectivity index is 2.15. The standard InChI is InChI=1S/C17H17N3O3S/c1-4-20(11-8-6-5-7-9-11)15(22)13-10-12-14(21)18(2)17(23)19(3)16(12)24-13/h5-10H,4H2,1-3H3. The first-order valence-corrected chi connectivity index (χ1v) is 8.33. The summed E-state index contributed by atoms with van der Waals surface area (Å²) in [5.41, 5.74) is 0.0131.